The van der Waals surface area contributed by atoms with E-state index < -0.39 is 15.9 Å². The van der Waals surface area contributed by atoms with E-state index in [1.165, 1.54) is 13.1 Å². The third kappa shape index (κ3) is 3.81. The molecule has 2 aromatic heterocycles. The summed E-state index contributed by atoms with van der Waals surface area (Å²) in [6.07, 6.45) is 1.63. The summed E-state index contributed by atoms with van der Waals surface area (Å²) < 4.78 is 34.5. The molecule has 0 fully saturated rings. The van der Waals surface area contributed by atoms with E-state index in [0.717, 1.165) is 16.0 Å². The number of fused-ring (bicyclic) bond motifs is 1. The Morgan fingerprint density at radius 3 is 2.80 bits per heavy atom. The zero-order chi connectivity index (χ0) is 17.9. The number of nitrogens with zero attached hydrogens (tertiary/aromatic N) is 4. The van der Waals surface area contributed by atoms with Gasteiger partial charge in [0.1, 0.15) is 15.9 Å². The molecular formula is C15H15N5O3S2. The molecule has 3 rings (SSSR count). The number of nitrogens with one attached hydrogen (secondary N) is 1. The number of rotatable bonds is 6. The Labute approximate surface area is 148 Å². The standard InChI is InChI=1S/C15H15N5O3S2/c1-20(10-14(21)17-9-11-5-2-3-8-16-11)25(22,23)13-7-4-6-12-15(13)19-24-18-12/h2-8H,9-10H2,1H3,(H,17,21). The van der Waals surface area contributed by atoms with E-state index in [-0.39, 0.29) is 18.0 Å². The minimum Gasteiger partial charge on any atom is -0.349 e. The van der Waals surface area contributed by atoms with Crippen molar-refractivity contribution < 1.29 is 13.2 Å². The molecule has 0 spiro atoms. The predicted octanol–water partition coefficient (Wildman–Crippen LogP) is 1.02. The van der Waals surface area contributed by atoms with Crippen LogP contribution in [-0.4, -0.2) is 46.0 Å². The Bertz CT molecular complexity index is 989. The van der Waals surface area contributed by atoms with Crippen molar-refractivity contribution in [1.29, 1.82) is 0 Å². The number of amides is 1. The molecule has 0 bridgehead atoms. The molecule has 0 atom stereocenters. The van der Waals surface area contributed by atoms with Gasteiger partial charge in [0.15, 0.2) is 0 Å². The molecule has 1 amide bonds. The summed E-state index contributed by atoms with van der Waals surface area (Å²) in [5, 5.41) is 2.65. The Kier molecular flexibility index (Phi) is 5.02. The molecular weight excluding hydrogens is 362 g/mol. The topological polar surface area (TPSA) is 105 Å². The van der Waals surface area contributed by atoms with Crippen LogP contribution in [0, 0.1) is 0 Å². The highest BCUT2D eigenvalue weighted by Gasteiger charge is 2.26. The molecule has 25 heavy (non-hydrogen) atoms. The molecule has 0 saturated carbocycles. The smallest absolute Gasteiger partial charge is 0.245 e. The second kappa shape index (κ2) is 7.21. The van der Waals surface area contributed by atoms with Crippen LogP contribution in [0.3, 0.4) is 0 Å². The molecule has 8 nitrogen and oxygen atoms in total. The third-order valence-electron chi connectivity index (χ3n) is 3.50. The maximum atomic E-state index is 12.7. The number of benzene rings is 1. The van der Waals surface area contributed by atoms with Gasteiger partial charge in [-0.1, -0.05) is 12.1 Å². The van der Waals surface area contributed by atoms with Crippen molar-refractivity contribution in [1.82, 2.24) is 23.4 Å². The number of carbonyl (C=O) groups is 1. The van der Waals surface area contributed by atoms with E-state index in [9.17, 15) is 13.2 Å². The van der Waals surface area contributed by atoms with E-state index in [4.69, 9.17) is 0 Å². The lowest BCUT2D eigenvalue weighted by atomic mass is 10.3. The van der Waals surface area contributed by atoms with Crippen LogP contribution < -0.4 is 5.32 Å². The minimum atomic E-state index is -3.85. The first-order chi connectivity index (χ1) is 12.0. The third-order valence-corrected chi connectivity index (χ3v) is 5.87. The lowest BCUT2D eigenvalue weighted by Crippen LogP contribution is -2.38. The van der Waals surface area contributed by atoms with Crippen LogP contribution >= 0.6 is 11.7 Å². The summed E-state index contributed by atoms with van der Waals surface area (Å²) in [5.74, 6) is -0.416. The maximum Gasteiger partial charge on any atom is 0.245 e. The van der Waals surface area contributed by atoms with Crippen molar-refractivity contribution in [3.8, 4) is 0 Å². The van der Waals surface area contributed by atoms with Gasteiger partial charge in [0.2, 0.25) is 15.9 Å². The van der Waals surface area contributed by atoms with Crippen LogP contribution in [0.15, 0.2) is 47.5 Å². The lowest BCUT2D eigenvalue weighted by Gasteiger charge is -2.17. The Balaban J connectivity index is 1.70. The number of sulfonamides is 1. The molecule has 130 valence electrons. The summed E-state index contributed by atoms with van der Waals surface area (Å²) in [4.78, 5) is 16.2. The first-order valence-electron chi connectivity index (χ1n) is 7.33. The second-order valence-electron chi connectivity index (χ2n) is 5.25. The van der Waals surface area contributed by atoms with Crippen molar-refractivity contribution in [3.63, 3.8) is 0 Å². The van der Waals surface area contributed by atoms with Crippen LogP contribution in [-0.2, 0) is 21.4 Å². The average molecular weight is 377 g/mol. The molecule has 2 heterocycles. The van der Waals surface area contributed by atoms with Crippen LogP contribution in [0.5, 0.6) is 0 Å². The van der Waals surface area contributed by atoms with Gasteiger partial charge in [0.05, 0.1) is 30.5 Å². The van der Waals surface area contributed by atoms with Gasteiger partial charge in [-0.15, -0.1) is 0 Å². The fourth-order valence-corrected chi connectivity index (χ4v) is 4.07. The number of pyridine rings is 1. The lowest BCUT2D eigenvalue weighted by molar-refractivity contribution is -0.121. The second-order valence-corrected chi connectivity index (χ2v) is 7.79. The molecule has 0 saturated heterocycles. The molecule has 0 aliphatic heterocycles. The van der Waals surface area contributed by atoms with Crippen molar-refractivity contribution >= 4 is 38.7 Å². The first-order valence-corrected chi connectivity index (χ1v) is 9.50. The number of hydrogen-bond acceptors (Lipinski definition) is 7. The highest BCUT2D eigenvalue weighted by Crippen LogP contribution is 2.23. The van der Waals surface area contributed by atoms with E-state index >= 15 is 0 Å². The summed E-state index contributed by atoms with van der Waals surface area (Å²) >= 11 is 0.945. The molecule has 3 aromatic rings. The normalized spacial score (nSPS) is 11.8. The Hall–Kier alpha value is -2.43. The van der Waals surface area contributed by atoms with Gasteiger partial charge in [-0.3, -0.25) is 9.78 Å². The summed E-state index contributed by atoms with van der Waals surface area (Å²) in [7, 11) is -2.50. The fourth-order valence-electron chi connectivity index (χ4n) is 2.19. The monoisotopic (exact) mass is 377 g/mol. The van der Waals surface area contributed by atoms with Gasteiger partial charge in [-0.25, -0.2) is 8.42 Å². The van der Waals surface area contributed by atoms with Crippen molar-refractivity contribution in [2.45, 2.75) is 11.4 Å². The van der Waals surface area contributed by atoms with Gasteiger partial charge in [-0.2, -0.15) is 13.1 Å². The number of hydrogen-bond donors (Lipinski definition) is 1. The van der Waals surface area contributed by atoms with Crippen molar-refractivity contribution in [3.05, 3.63) is 48.3 Å². The molecule has 10 heteroatoms. The molecule has 0 unspecified atom stereocenters. The quantitative estimate of drug-likeness (QED) is 0.688. The minimum absolute atomic E-state index is 0.0405. The van der Waals surface area contributed by atoms with Gasteiger partial charge in [0, 0.05) is 13.2 Å². The van der Waals surface area contributed by atoms with Crippen molar-refractivity contribution in [2.24, 2.45) is 0 Å². The molecule has 0 aliphatic rings. The van der Waals surface area contributed by atoms with Gasteiger partial charge < -0.3 is 5.32 Å². The van der Waals surface area contributed by atoms with E-state index in [1.807, 2.05) is 6.07 Å². The maximum absolute atomic E-state index is 12.7. The predicted molar refractivity (Wildman–Crippen MR) is 93.3 cm³/mol. The zero-order valence-electron chi connectivity index (χ0n) is 13.3. The van der Waals surface area contributed by atoms with E-state index in [2.05, 4.69) is 19.0 Å². The van der Waals surface area contributed by atoms with Crippen LogP contribution in [0.2, 0.25) is 0 Å². The molecule has 0 aliphatic carbocycles. The van der Waals surface area contributed by atoms with Crippen molar-refractivity contribution in [2.75, 3.05) is 13.6 Å². The van der Waals surface area contributed by atoms with Crippen LogP contribution in [0.4, 0.5) is 0 Å². The summed E-state index contributed by atoms with van der Waals surface area (Å²) in [6.45, 7) is -0.0672. The SMILES string of the molecule is CN(CC(=O)NCc1ccccn1)S(=O)(=O)c1cccc2nsnc12. The van der Waals surface area contributed by atoms with Gasteiger partial charge in [0.25, 0.3) is 0 Å². The molecule has 1 aromatic carbocycles. The molecule has 1 N–H and O–H groups in total. The number of carbonyl (C=O) groups excluding carboxylic acids is 1. The van der Waals surface area contributed by atoms with Gasteiger partial charge >= 0.3 is 0 Å². The summed E-state index contributed by atoms with van der Waals surface area (Å²) in [5.41, 5.74) is 1.52. The largest absolute Gasteiger partial charge is 0.349 e. The average Bonchev–Trinajstić information content (AvgIpc) is 3.09. The van der Waals surface area contributed by atoms with Crippen LogP contribution in [0.1, 0.15) is 5.69 Å². The number of likely N-dealkylation sites (N-methyl/N-ethyl adjacent to an activating group) is 1. The van der Waals surface area contributed by atoms with E-state index in [1.54, 1.807) is 30.5 Å². The summed E-state index contributed by atoms with van der Waals surface area (Å²) in [6, 6.07) is 10.1. The van der Waals surface area contributed by atoms with Crippen LogP contribution in [0.25, 0.3) is 11.0 Å². The van der Waals surface area contributed by atoms with Gasteiger partial charge in [-0.05, 0) is 24.3 Å². The Morgan fingerprint density at radius 2 is 2.04 bits per heavy atom. The fraction of sp³-hybridized carbons (Fsp3) is 0.200. The Morgan fingerprint density at radius 1 is 1.20 bits per heavy atom. The zero-order valence-corrected chi connectivity index (χ0v) is 14.9. The highest BCUT2D eigenvalue weighted by molar-refractivity contribution is 7.89. The number of aromatic nitrogens is 3. The molecule has 0 radical (unpaired) electrons. The highest BCUT2D eigenvalue weighted by atomic mass is 32.2. The van der Waals surface area contributed by atoms with E-state index in [0.29, 0.717) is 16.7 Å². The first kappa shape index (κ1) is 17.4.